The average molecular weight is 470 g/mol. The van der Waals surface area contributed by atoms with Crippen LogP contribution >= 0.6 is 11.3 Å². The molecular weight excluding hydrogens is 442 g/mol. The van der Waals surface area contributed by atoms with E-state index < -0.39 is 5.97 Å². The summed E-state index contributed by atoms with van der Waals surface area (Å²) in [4.78, 5) is 38.7. The molecule has 9 heteroatoms. The first-order valence-corrected chi connectivity index (χ1v) is 11.3. The molecule has 0 spiro atoms. The van der Waals surface area contributed by atoms with Gasteiger partial charge in [0.1, 0.15) is 0 Å². The number of nitrogens with zero attached hydrogens (tertiary/aromatic N) is 3. The van der Waals surface area contributed by atoms with Gasteiger partial charge in [-0.2, -0.15) is 5.10 Å². The van der Waals surface area contributed by atoms with E-state index in [9.17, 15) is 14.4 Å². The van der Waals surface area contributed by atoms with Gasteiger partial charge in [-0.3, -0.25) is 9.59 Å². The lowest BCUT2D eigenvalue weighted by Gasteiger charge is -2.16. The number of amides is 1. The predicted molar refractivity (Wildman–Crippen MR) is 124 cm³/mol. The van der Waals surface area contributed by atoms with Crippen LogP contribution in [0.2, 0.25) is 0 Å². The first-order chi connectivity index (χ1) is 15.8. The maximum absolute atomic E-state index is 12.4. The number of methoxy groups -OCH3 is 1. The lowest BCUT2D eigenvalue weighted by atomic mass is 10.1. The summed E-state index contributed by atoms with van der Waals surface area (Å²) in [6, 6.07) is 10.7. The summed E-state index contributed by atoms with van der Waals surface area (Å²) in [6.07, 6.45) is 0.833. The molecule has 0 N–H and O–H groups in total. The normalized spacial score (nSPS) is 10.7. The van der Waals surface area contributed by atoms with Crippen LogP contribution in [0.4, 0.5) is 0 Å². The molecule has 0 unspecified atom stereocenters. The Bertz CT molecular complexity index is 1120. The van der Waals surface area contributed by atoms with Crippen molar-refractivity contribution in [1.29, 1.82) is 0 Å². The van der Waals surface area contributed by atoms with E-state index in [1.54, 1.807) is 47.3 Å². The third-order valence-corrected chi connectivity index (χ3v) is 6.18. The highest BCUT2D eigenvalue weighted by molar-refractivity contribution is 7.09. The van der Waals surface area contributed by atoms with E-state index in [0.717, 1.165) is 27.5 Å². The molecule has 0 radical (unpaired) electrons. The van der Waals surface area contributed by atoms with E-state index in [-0.39, 0.29) is 24.9 Å². The van der Waals surface area contributed by atoms with Crippen LogP contribution in [0, 0.1) is 13.8 Å². The number of aromatic nitrogens is 2. The van der Waals surface area contributed by atoms with Gasteiger partial charge in [-0.05, 0) is 61.5 Å². The zero-order chi connectivity index (χ0) is 24.0. The van der Waals surface area contributed by atoms with E-state index in [1.165, 1.54) is 12.0 Å². The topological polar surface area (TPSA) is 90.7 Å². The number of carbonyl (C=O) groups is 3. The fourth-order valence-electron chi connectivity index (χ4n) is 3.40. The molecule has 0 bridgehead atoms. The molecule has 8 nitrogen and oxygen atoms in total. The molecule has 174 valence electrons. The van der Waals surface area contributed by atoms with E-state index in [0.29, 0.717) is 18.5 Å². The van der Waals surface area contributed by atoms with Gasteiger partial charge in [0.15, 0.2) is 6.61 Å². The Morgan fingerprint density at radius 3 is 2.48 bits per heavy atom. The van der Waals surface area contributed by atoms with Gasteiger partial charge in [-0.1, -0.05) is 6.07 Å². The highest BCUT2D eigenvalue weighted by Gasteiger charge is 2.17. The van der Waals surface area contributed by atoms with Crippen molar-refractivity contribution in [1.82, 2.24) is 14.7 Å². The summed E-state index contributed by atoms with van der Waals surface area (Å²) in [5, 5.41) is 6.52. The Morgan fingerprint density at radius 2 is 1.85 bits per heavy atom. The summed E-state index contributed by atoms with van der Waals surface area (Å²) >= 11 is 1.57. The van der Waals surface area contributed by atoms with Crippen molar-refractivity contribution in [2.24, 2.45) is 0 Å². The lowest BCUT2D eigenvalue weighted by molar-refractivity contribution is -0.140. The van der Waals surface area contributed by atoms with Crippen LogP contribution in [-0.4, -0.2) is 53.3 Å². The Balaban J connectivity index is 1.60. The predicted octanol–water partition coefficient (Wildman–Crippen LogP) is 3.47. The van der Waals surface area contributed by atoms with Gasteiger partial charge >= 0.3 is 11.9 Å². The smallest absolute Gasteiger partial charge is 0.338 e. The molecule has 0 atom stereocenters. The maximum atomic E-state index is 12.4. The van der Waals surface area contributed by atoms with E-state index >= 15 is 0 Å². The van der Waals surface area contributed by atoms with Gasteiger partial charge in [0, 0.05) is 24.0 Å². The lowest BCUT2D eigenvalue weighted by Crippen LogP contribution is -2.30. The van der Waals surface area contributed by atoms with Gasteiger partial charge in [-0.15, -0.1) is 11.3 Å². The van der Waals surface area contributed by atoms with Crippen molar-refractivity contribution in [3.8, 4) is 5.69 Å². The standard InChI is InChI=1S/C24H27N3O5S/c1-16-21(11-12-23(29)31-4)17(2)27(25-16)19-9-7-18(8-10-19)24(30)32-15-22(28)26(3)14-20-6-5-13-33-20/h5-10,13H,11-12,14-15H2,1-4H3. The molecule has 2 heterocycles. The second-order valence-corrected chi connectivity index (χ2v) is 8.62. The van der Waals surface area contributed by atoms with E-state index in [1.807, 2.05) is 31.4 Å². The van der Waals surface area contributed by atoms with E-state index in [4.69, 9.17) is 9.47 Å². The van der Waals surface area contributed by atoms with E-state index in [2.05, 4.69) is 5.10 Å². The van der Waals surface area contributed by atoms with Gasteiger partial charge in [-0.25, -0.2) is 9.48 Å². The minimum atomic E-state index is -0.563. The molecule has 0 aliphatic rings. The number of thiophene rings is 1. The van der Waals surface area contributed by atoms with Gasteiger partial charge in [0.25, 0.3) is 5.91 Å². The molecular formula is C24H27N3O5S. The SMILES string of the molecule is COC(=O)CCc1c(C)nn(-c2ccc(C(=O)OCC(=O)N(C)Cc3cccs3)cc2)c1C. The average Bonchev–Trinajstić information content (AvgIpc) is 3.43. The molecule has 33 heavy (non-hydrogen) atoms. The first kappa shape index (κ1) is 24.2. The zero-order valence-electron chi connectivity index (χ0n) is 19.2. The maximum Gasteiger partial charge on any atom is 0.338 e. The molecule has 0 saturated heterocycles. The third-order valence-electron chi connectivity index (χ3n) is 5.32. The number of carbonyl (C=O) groups excluding carboxylic acids is 3. The number of hydrogen-bond donors (Lipinski definition) is 0. The molecule has 1 aromatic carbocycles. The van der Waals surface area contributed by atoms with Crippen molar-refractivity contribution >= 4 is 29.2 Å². The van der Waals surface area contributed by atoms with Crippen LogP contribution in [0.3, 0.4) is 0 Å². The Morgan fingerprint density at radius 1 is 1.12 bits per heavy atom. The first-order valence-electron chi connectivity index (χ1n) is 10.5. The Labute approximate surface area is 196 Å². The van der Waals surface area contributed by atoms with Crippen molar-refractivity contribution in [3.63, 3.8) is 0 Å². The second-order valence-electron chi connectivity index (χ2n) is 7.59. The molecule has 3 rings (SSSR count). The molecule has 2 aromatic heterocycles. The number of rotatable bonds is 9. The van der Waals surface area contributed by atoms with Gasteiger partial charge < -0.3 is 14.4 Å². The third kappa shape index (κ3) is 6.07. The van der Waals surface area contributed by atoms with Crippen molar-refractivity contribution in [3.05, 3.63) is 69.2 Å². The van der Waals surface area contributed by atoms with Gasteiger partial charge in [0.2, 0.25) is 0 Å². The van der Waals surface area contributed by atoms with Crippen LogP contribution < -0.4 is 0 Å². The molecule has 0 aliphatic carbocycles. The van der Waals surface area contributed by atoms with Crippen molar-refractivity contribution < 1.29 is 23.9 Å². The number of aryl methyl sites for hydroxylation is 1. The summed E-state index contributed by atoms with van der Waals surface area (Å²) < 4.78 is 11.7. The fraction of sp³-hybridized carbons (Fsp3) is 0.333. The Kier molecular flexibility index (Phi) is 8.00. The summed E-state index contributed by atoms with van der Waals surface area (Å²) in [5.74, 6) is -1.09. The second kappa shape index (κ2) is 10.9. The van der Waals surface area contributed by atoms with Crippen LogP contribution in [0.15, 0.2) is 41.8 Å². The molecule has 0 aliphatic heterocycles. The fourth-order valence-corrected chi connectivity index (χ4v) is 4.16. The Hall–Kier alpha value is -3.46. The molecule has 1 amide bonds. The quantitative estimate of drug-likeness (QED) is 0.446. The zero-order valence-corrected chi connectivity index (χ0v) is 20.0. The van der Waals surface area contributed by atoms with Crippen molar-refractivity contribution in [2.45, 2.75) is 33.2 Å². The van der Waals surface area contributed by atoms with Crippen LogP contribution in [-0.2, 0) is 32.0 Å². The number of likely N-dealkylation sites (N-methyl/N-ethyl adjacent to an activating group) is 1. The number of benzene rings is 1. The summed E-state index contributed by atoms with van der Waals surface area (Å²) in [6.45, 7) is 4.00. The summed E-state index contributed by atoms with van der Waals surface area (Å²) in [7, 11) is 3.05. The molecule has 3 aromatic rings. The number of ether oxygens (including phenoxy) is 2. The van der Waals surface area contributed by atoms with Crippen molar-refractivity contribution in [2.75, 3.05) is 20.8 Å². The molecule has 0 fully saturated rings. The number of esters is 2. The van der Waals surface area contributed by atoms with Crippen LogP contribution in [0.1, 0.15) is 38.6 Å². The van der Waals surface area contributed by atoms with Gasteiger partial charge in [0.05, 0.1) is 30.6 Å². The summed E-state index contributed by atoms with van der Waals surface area (Å²) in [5.41, 5.74) is 3.88. The minimum absolute atomic E-state index is 0.263. The van der Waals surface area contributed by atoms with Crippen LogP contribution in [0.5, 0.6) is 0 Å². The largest absolute Gasteiger partial charge is 0.469 e. The van der Waals surface area contributed by atoms with Crippen LogP contribution in [0.25, 0.3) is 5.69 Å². The highest BCUT2D eigenvalue weighted by atomic mass is 32.1. The monoisotopic (exact) mass is 469 g/mol. The molecule has 0 saturated carbocycles. The number of hydrogen-bond acceptors (Lipinski definition) is 7. The minimum Gasteiger partial charge on any atom is -0.469 e. The highest BCUT2D eigenvalue weighted by Crippen LogP contribution is 2.20.